The number of fused-ring (bicyclic) bond motifs is 1. The van der Waals surface area contributed by atoms with Gasteiger partial charge in [-0.05, 0) is 35.2 Å². The van der Waals surface area contributed by atoms with Crippen LogP contribution in [0.2, 0.25) is 0 Å². The molecule has 0 amide bonds. The van der Waals surface area contributed by atoms with Gasteiger partial charge in [0.15, 0.2) is 0 Å². The maximum atomic E-state index is 12.9. The molecule has 5 heteroatoms. The molecule has 4 nitrogen and oxygen atoms in total. The SMILES string of the molecule is C=Cc1cccc2c(OCc3ccccn3)c(-c3cccs3)c(=O)[nH]c12. The van der Waals surface area contributed by atoms with Gasteiger partial charge in [0.1, 0.15) is 12.4 Å². The number of hydrogen-bond donors (Lipinski definition) is 1. The lowest BCUT2D eigenvalue weighted by Crippen LogP contribution is -2.12. The summed E-state index contributed by atoms with van der Waals surface area (Å²) in [4.78, 5) is 21.0. The van der Waals surface area contributed by atoms with Crippen LogP contribution in [-0.2, 0) is 6.61 Å². The van der Waals surface area contributed by atoms with Crippen molar-refractivity contribution in [2.45, 2.75) is 6.61 Å². The smallest absolute Gasteiger partial charge is 0.260 e. The van der Waals surface area contributed by atoms with E-state index >= 15 is 0 Å². The van der Waals surface area contributed by atoms with Crippen molar-refractivity contribution in [3.05, 3.63) is 88.3 Å². The van der Waals surface area contributed by atoms with Gasteiger partial charge in [-0.1, -0.05) is 36.9 Å². The summed E-state index contributed by atoms with van der Waals surface area (Å²) in [6.45, 7) is 4.12. The standard InChI is InChI=1S/C21H16N2O2S/c1-2-14-7-5-9-16-19(14)23-21(24)18(17-10-6-12-26-17)20(16)25-13-15-8-3-4-11-22-15/h2-12H,1,13H2,(H,23,24). The van der Waals surface area contributed by atoms with Crippen LogP contribution in [0.5, 0.6) is 5.75 Å². The van der Waals surface area contributed by atoms with E-state index in [2.05, 4.69) is 16.5 Å². The Balaban J connectivity index is 1.93. The minimum absolute atomic E-state index is 0.176. The number of aromatic amines is 1. The molecule has 26 heavy (non-hydrogen) atoms. The number of rotatable bonds is 5. The normalized spacial score (nSPS) is 10.8. The molecule has 0 aliphatic carbocycles. The fraction of sp³-hybridized carbons (Fsp3) is 0.0476. The van der Waals surface area contributed by atoms with E-state index in [0.29, 0.717) is 11.3 Å². The summed E-state index contributed by atoms with van der Waals surface area (Å²) in [7, 11) is 0. The molecule has 3 aromatic heterocycles. The molecule has 4 rings (SSSR count). The lowest BCUT2D eigenvalue weighted by molar-refractivity contribution is 0.306. The van der Waals surface area contributed by atoms with Gasteiger partial charge >= 0.3 is 0 Å². The second kappa shape index (κ2) is 6.98. The Morgan fingerprint density at radius 2 is 2.08 bits per heavy atom. The van der Waals surface area contributed by atoms with Crippen LogP contribution < -0.4 is 10.3 Å². The molecule has 0 bridgehead atoms. The topological polar surface area (TPSA) is 55.0 Å². The number of thiophene rings is 1. The molecule has 0 spiro atoms. The number of nitrogens with zero attached hydrogens (tertiary/aromatic N) is 1. The number of H-pyrrole nitrogens is 1. The third-order valence-electron chi connectivity index (χ3n) is 4.11. The summed E-state index contributed by atoms with van der Waals surface area (Å²) in [6, 6.07) is 15.3. The Morgan fingerprint density at radius 3 is 2.81 bits per heavy atom. The Bertz CT molecular complexity index is 1120. The van der Waals surface area contributed by atoms with E-state index in [9.17, 15) is 4.79 Å². The van der Waals surface area contributed by atoms with Crippen molar-refractivity contribution in [3.8, 4) is 16.2 Å². The van der Waals surface area contributed by atoms with E-state index in [1.807, 2.05) is 53.9 Å². The summed E-state index contributed by atoms with van der Waals surface area (Å²) in [5, 5.41) is 2.79. The number of benzene rings is 1. The zero-order valence-corrected chi connectivity index (χ0v) is 14.8. The lowest BCUT2D eigenvalue weighted by atomic mass is 10.1. The summed E-state index contributed by atoms with van der Waals surface area (Å²) >= 11 is 1.51. The first-order valence-corrected chi connectivity index (χ1v) is 9.04. The second-order valence-corrected chi connectivity index (χ2v) is 6.67. The van der Waals surface area contributed by atoms with Gasteiger partial charge < -0.3 is 9.72 Å². The Hall–Kier alpha value is -3.18. The predicted molar refractivity (Wildman–Crippen MR) is 107 cm³/mol. The van der Waals surface area contributed by atoms with Crippen molar-refractivity contribution < 1.29 is 4.74 Å². The van der Waals surface area contributed by atoms with E-state index < -0.39 is 0 Å². The van der Waals surface area contributed by atoms with Crippen LogP contribution >= 0.6 is 11.3 Å². The van der Waals surface area contributed by atoms with Crippen LogP contribution in [0.1, 0.15) is 11.3 Å². The second-order valence-electron chi connectivity index (χ2n) is 5.72. The molecule has 1 N–H and O–H groups in total. The molecule has 0 atom stereocenters. The van der Waals surface area contributed by atoms with Gasteiger partial charge in [0, 0.05) is 16.5 Å². The fourth-order valence-corrected chi connectivity index (χ4v) is 3.67. The highest BCUT2D eigenvalue weighted by Gasteiger charge is 2.18. The third kappa shape index (κ3) is 2.93. The minimum Gasteiger partial charge on any atom is -0.486 e. The van der Waals surface area contributed by atoms with E-state index in [-0.39, 0.29) is 12.2 Å². The molecule has 1 aromatic carbocycles. The van der Waals surface area contributed by atoms with Crippen molar-refractivity contribution in [2.75, 3.05) is 0 Å². The van der Waals surface area contributed by atoms with E-state index in [0.717, 1.165) is 27.0 Å². The Morgan fingerprint density at radius 1 is 1.15 bits per heavy atom. The first kappa shape index (κ1) is 16.3. The van der Waals surface area contributed by atoms with Gasteiger partial charge in [0.2, 0.25) is 0 Å². The van der Waals surface area contributed by atoms with Crippen LogP contribution in [-0.4, -0.2) is 9.97 Å². The summed E-state index contributed by atoms with van der Waals surface area (Å²) in [5.41, 5.74) is 2.76. The van der Waals surface area contributed by atoms with Crippen molar-refractivity contribution in [3.63, 3.8) is 0 Å². The highest BCUT2D eigenvalue weighted by Crippen LogP contribution is 2.36. The van der Waals surface area contributed by atoms with E-state index in [1.165, 1.54) is 11.3 Å². The minimum atomic E-state index is -0.176. The van der Waals surface area contributed by atoms with Gasteiger partial charge in [-0.2, -0.15) is 0 Å². The molecule has 128 valence electrons. The first-order chi connectivity index (χ1) is 12.8. The molecule has 0 fully saturated rings. The number of hydrogen-bond acceptors (Lipinski definition) is 4. The summed E-state index contributed by atoms with van der Waals surface area (Å²) in [6.07, 6.45) is 3.45. The maximum Gasteiger partial charge on any atom is 0.260 e. The van der Waals surface area contributed by atoms with Crippen LogP contribution in [0, 0.1) is 0 Å². The average molecular weight is 360 g/mol. The van der Waals surface area contributed by atoms with Crippen molar-refractivity contribution in [1.29, 1.82) is 0 Å². The molecule has 4 aromatic rings. The maximum absolute atomic E-state index is 12.9. The largest absolute Gasteiger partial charge is 0.486 e. The van der Waals surface area contributed by atoms with Gasteiger partial charge in [-0.15, -0.1) is 11.3 Å². The van der Waals surface area contributed by atoms with E-state index in [4.69, 9.17) is 4.74 Å². The van der Waals surface area contributed by atoms with Crippen LogP contribution in [0.25, 0.3) is 27.4 Å². The van der Waals surface area contributed by atoms with Crippen molar-refractivity contribution >= 4 is 28.3 Å². The molecule has 0 saturated carbocycles. The molecule has 0 aliphatic heterocycles. The zero-order chi connectivity index (χ0) is 17.9. The van der Waals surface area contributed by atoms with Gasteiger partial charge in [-0.25, -0.2) is 0 Å². The molecule has 0 radical (unpaired) electrons. The van der Waals surface area contributed by atoms with Gasteiger partial charge in [-0.3, -0.25) is 9.78 Å². The van der Waals surface area contributed by atoms with Gasteiger partial charge in [0.25, 0.3) is 5.56 Å². The number of para-hydroxylation sites is 1. The molecule has 3 heterocycles. The number of pyridine rings is 2. The third-order valence-corrected chi connectivity index (χ3v) is 5.00. The van der Waals surface area contributed by atoms with Crippen molar-refractivity contribution in [2.24, 2.45) is 0 Å². The van der Waals surface area contributed by atoms with Crippen LogP contribution in [0.15, 0.2) is 71.5 Å². The molecule has 0 aliphatic rings. The number of ether oxygens (including phenoxy) is 1. The number of aromatic nitrogens is 2. The van der Waals surface area contributed by atoms with Crippen LogP contribution in [0.4, 0.5) is 0 Å². The summed E-state index contributed by atoms with van der Waals surface area (Å²) in [5.74, 6) is 0.570. The van der Waals surface area contributed by atoms with Gasteiger partial charge in [0.05, 0.1) is 16.8 Å². The highest BCUT2D eigenvalue weighted by atomic mass is 32.1. The number of nitrogens with one attached hydrogen (secondary N) is 1. The highest BCUT2D eigenvalue weighted by molar-refractivity contribution is 7.13. The monoisotopic (exact) mass is 360 g/mol. The Kier molecular flexibility index (Phi) is 4.37. The zero-order valence-electron chi connectivity index (χ0n) is 13.9. The quantitative estimate of drug-likeness (QED) is 0.552. The lowest BCUT2D eigenvalue weighted by Gasteiger charge is -2.14. The van der Waals surface area contributed by atoms with Crippen molar-refractivity contribution in [1.82, 2.24) is 9.97 Å². The fourth-order valence-electron chi connectivity index (χ4n) is 2.91. The van der Waals surface area contributed by atoms with Crippen LogP contribution in [0.3, 0.4) is 0 Å². The summed E-state index contributed by atoms with van der Waals surface area (Å²) < 4.78 is 6.13. The molecule has 0 saturated heterocycles. The average Bonchev–Trinajstić information content (AvgIpc) is 3.20. The Labute approximate surface area is 154 Å². The molecular weight excluding hydrogens is 344 g/mol. The molecule has 0 unspecified atom stereocenters. The van der Waals surface area contributed by atoms with E-state index in [1.54, 1.807) is 12.3 Å². The molecular formula is C21H16N2O2S. The predicted octanol–water partition coefficient (Wildman–Crippen LogP) is 4.87. The first-order valence-electron chi connectivity index (χ1n) is 8.16.